The summed E-state index contributed by atoms with van der Waals surface area (Å²) in [6.07, 6.45) is 7.27. The second-order valence-electron chi connectivity index (χ2n) is 6.07. The number of aromatic nitrogens is 2. The van der Waals surface area contributed by atoms with E-state index in [2.05, 4.69) is 10.4 Å². The molecule has 1 aromatic heterocycles. The lowest BCUT2D eigenvalue weighted by Crippen LogP contribution is -2.44. The minimum absolute atomic E-state index is 0. The molecule has 0 bridgehead atoms. The second-order valence-corrected chi connectivity index (χ2v) is 6.07. The molecule has 0 aliphatic carbocycles. The number of rotatable bonds is 5. The molecule has 1 N–H and O–H groups in total. The van der Waals surface area contributed by atoms with Crippen molar-refractivity contribution in [2.45, 2.75) is 31.7 Å². The first-order valence-corrected chi connectivity index (χ1v) is 8.30. The number of amides is 1. The lowest BCUT2D eigenvalue weighted by Gasteiger charge is -2.31. The number of halogens is 1. The number of aryl methyl sites for hydroxylation is 1. The van der Waals surface area contributed by atoms with Gasteiger partial charge in [0.25, 0.3) is 0 Å². The number of carbonyl (C=O) groups excluding carboxylic acids is 1. The maximum absolute atomic E-state index is 12.3. The molecule has 0 atom stereocenters. The first kappa shape index (κ1) is 18.5. The Morgan fingerprint density at radius 3 is 2.62 bits per heavy atom. The molecule has 0 saturated carbocycles. The highest BCUT2D eigenvalue weighted by molar-refractivity contribution is 5.85. The lowest BCUT2D eigenvalue weighted by molar-refractivity contribution is -0.132. The van der Waals surface area contributed by atoms with E-state index in [1.54, 1.807) is 0 Å². The van der Waals surface area contributed by atoms with Gasteiger partial charge in [0.2, 0.25) is 5.91 Å². The molecule has 0 unspecified atom stereocenters. The molecule has 1 aromatic carbocycles. The summed E-state index contributed by atoms with van der Waals surface area (Å²) in [6.45, 7) is 1.74. The van der Waals surface area contributed by atoms with Crippen molar-refractivity contribution in [3.8, 4) is 5.69 Å². The van der Waals surface area contributed by atoms with Gasteiger partial charge in [0.05, 0.1) is 11.9 Å². The van der Waals surface area contributed by atoms with Gasteiger partial charge in [-0.25, -0.2) is 4.68 Å². The van der Waals surface area contributed by atoms with E-state index in [1.807, 2.05) is 59.4 Å². The van der Waals surface area contributed by atoms with Crippen LogP contribution in [0.3, 0.4) is 0 Å². The molecule has 130 valence electrons. The Bertz CT molecular complexity index is 635. The van der Waals surface area contributed by atoms with Crippen molar-refractivity contribution in [1.82, 2.24) is 20.0 Å². The first-order chi connectivity index (χ1) is 11.3. The quantitative estimate of drug-likeness (QED) is 0.903. The number of nitrogens with one attached hydrogen (secondary N) is 1. The van der Waals surface area contributed by atoms with Gasteiger partial charge in [-0.3, -0.25) is 4.79 Å². The van der Waals surface area contributed by atoms with Gasteiger partial charge in [-0.2, -0.15) is 5.10 Å². The summed E-state index contributed by atoms with van der Waals surface area (Å²) in [6, 6.07) is 10.6. The Hall–Kier alpha value is -1.85. The highest BCUT2D eigenvalue weighted by Gasteiger charge is 2.21. The van der Waals surface area contributed by atoms with Gasteiger partial charge in [-0.15, -0.1) is 12.4 Å². The largest absolute Gasteiger partial charge is 0.343 e. The molecule has 24 heavy (non-hydrogen) atoms. The van der Waals surface area contributed by atoms with Crippen LogP contribution in [-0.4, -0.2) is 46.8 Å². The Kier molecular flexibility index (Phi) is 6.82. The standard InChI is InChI=1S/C18H24N4O.ClH/c1-19-16-9-11-21(12-10-16)18(23)8-7-15-13-20-22(14-15)17-5-3-2-4-6-17;/h2-6,13-14,16,19H,7-12H2,1H3;1H. The fourth-order valence-corrected chi connectivity index (χ4v) is 3.04. The molecule has 0 radical (unpaired) electrons. The number of likely N-dealkylation sites (tertiary alicyclic amines) is 1. The van der Waals surface area contributed by atoms with Gasteiger partial charge in [0.15, 0.2) is 0 Å². The van der Waals surface area contributed by atoms with E-state index in [4.69, 9.17) is 0 Å². The Morgan fingerprint density at radius 2 is 1.96 bits per heavy atom. The number of hydrogen-bond donors (Lipinski definition) is 1. The summed E-state index contributed by atoms with van der Waals surface area (Å²) in [5.74, 6) is 0.256. The van der Waals surface area contributed by atoms with Crippen LogP contribution in [0, 0.1) is 0 Å². The second kappa shape index (κ2) is 8.85. The molecular weight excluding hydrogens is 324 g/mol. The van der Waals surface area contributed by atoms with Crippen LogP contribution >= 0.6 is 12.4 Å². The van der Waals surface area contributed by atoms with Crippen LogP contribution in [0.15, 0.2) is 42.7 Å². The van der Waals surface area contributed by atoms with Crippen LogP contribution in [0.1, 0.15) is 24.8 Å². The van der Waals surface area contributed by atoms with Gasteiger partial charge < -0.3 is 10.2 Å². The van der Waals surface area contributed by atoms with E-state index in [9.17, 15) is 4.79 Å². The molecule has 3 rings (SSSR count). The van der Waals surface area contributed by atoms with Crippen LogP contribution in [0.4, 0.5) is 0 Å². The summed E-state index contributed by atoms with van der Waals surface area (Å²) in [4.78, 5) is 14.3. The lowest BCUT2D eigenvalue weighted by atomic mass is 10.0. The molecule has 6 heteroatoms. The van der Waals surface area contributed by atoms with Crippen LogP contribution < -0.4 is 5.32 Å². The highest BCUT2D eigenvalue weighted by atomic mass is 35.5. The third-order valence-corrected chi connectivity index (χ3v) is 4.54. The van der Waals surface area contributed by atoms with E-state index in [-0.39, 0.29) is 18.3 Å². The maximum atomic E-state index is 12.3. The number of hydrogen-bond acceptors (Lipinski definition) is 3. The summed E-state index contributed by atoms with van der Waals surface area (Å²) < 4.78 is 1.86. The zero-order chi connectivity index (χ0) is 16.1. The van der Waals surface area contributed by atoms with Crippen molar-refractivity contribution in [1.29, 1.82) is 0 Å². The van der Waals surface area contributed by atoms with E-state index in [0.29, 0.717) is 12.5 Å². The van der Waals surface area contributed by atoms with Crippen molar-refractivity contribution >= 4 is 18.3 Å². The summed E-state index contributed by atoms with van der Waals surface area (Å²) in [5.41, 5.74) is 2.14. The summed E-state index contributed by atoms with van der Waals surface area (Å²) in [5, 5.41) is 7.67. The number of carbonyl (C=O) groups is 1. The predicted octanol–water partition coefficient (Wildman–Crippen LogP) is 2.44. The van der Waals surface area contributed by atoms with Crippen molar-refractivity contribution in [3.05, 3.63) is 48.3 Å². The Labute approximate surface area is 149 Å². The molecule has 1 aliphatic heterocycles. The summed E-state index contributed by atoms with van der Waals surface area (Å²) >= 11 is 0. The van der Waals surface area contributed by atoms with E-state index < -0.39 is 0 Å². The van der Waals surface area contributed by atoms with Gasteiger partial charge in [0, 0.05) is 31.7 Å². The normalized spacial score (nSPS) is 15.1. The molecule has 5 nitrogen and oxygen atoms in total. The maximum Gasteiger partial charge on any atom is 0.222 e. The molecule has 1 aliphatic rings. The fraction of sp³-hybridized carbons (Fsp3) is 0.444. The molecule has 0 spiro atoms. The van der Waals surface area contributed by atoms with Gasteiger partial charge in [-0.1, -0.05) is 18.2 Å². The van der Waals surface area contributed by atoms with Crippen LogP contribution in [-0.2, 0) is 11.2 Å². The van der Waals surface area contributed by atoms with Gasteiger partial charge >= 0.3 is 0 Å². The topological polar surface area (TPSA) is 50.2 Å². The van der Waals surface area contributed by atoms with Crippen LogP contribution in [0.5, 0.6) is 0 Å². The Morgan fingerprint density at radius 1 is 1.25 bits per heavy atom. The molecule has 1 fully saturated rings. The van der Waals surface area contributed by atoms with Gasteiger partial charge in [0.1, 0.15) is 0 Å². The molecule has 2 aromatic rings. The number of nitrogens with zero attached hydrogens (tertiary/aromatic N) is 3. The van der Waals surface area contributed by atoms with Crippen LogP contribution in [0.25, 0.3) is 5.69 Å². The molecule has 1 amide bonds. The SMILES string of the molecule is CNC1CCN(C(=O)CCc2cnn(-c3ccccc3)c2)CC1.Cl. The zero-order valence-electron chi connectivity index (χ0n) is 14.0. The van der Waals surface area contributed by atoms with Crippen molar-refractivity contribution in [2.24, 2.45) is 0 Å². The van der Waals surface area contributed by atoms with E-state index >= 15 is 0 Å². The Balaban J connectivity index is 0.00000208. The van der Waals surface area contributed by atoms with Crippen molar-refractivity contribution in [2.75, 3.05) is 20.1 Å². The average molecular weight is 349 g/mol. The number of benzene rings is 1. The minimum Gasteiger partial charge on any atom is -0.343 e. The van der Waals surface area contributed by atoms with E-state index in [0.717, 1.165) is 43.6 Å². The number of piperidine rings is 1. The smallest absolute Gasteiger partial charge is 0.222 e. The third-order valence-electron chi connectivity index (χ3n) is 4.54. The van der Waals surface area contributed by atoms with Gasteiger partial charge in [-0.05, 0) is 44.0 Å². The zero-order valence-corrected chi connectivity index (χ0v) is 14.8. The monoisotopic (exact) mass is 348 g/mol. The molecule has 1 saturated heterocycles. The highest BCUT2D eigenvalue weighted by Crippen LogP contribution is 2.13. The number of para-hydroxylation sites is 1. The van der Waals surface area contributed by atoms with Crippen molar-refractivity contribution < 1.29 is 4.79 Å². The van der Waals surface area contributed by atoms with Crippen molar-refractivity contribution in [3.63, 3.8) is 0 Å². The summed E-state index contributed by atoms with van der Waals surface area (Å²) in [7, 11) is 1.99. The first-order valence-electron chi connectivity index (χ1n) is 8.30. The molecular formula is C18H25ClN4O. The fourth-order valence-electron chi connectivity index (χ4n) is 3.04. The minimum atomic E-state index is 0. The average Bonchev–Trinajstić information content (AvgIpc) is 3.09. The molecule has 2 heterocycles. The van der Waals surface area contributed by atoms with E-state index in [1.165, 1.54) is 0 Å². The predicted molar refractivity (Wildman–Crippen MR) is 97.8 cm³/mol. The third kappa shape index (κ3) is 4.58. The van der Waals surface area contributed by atoms with Crippen LogP contribution in [0.2, 0.25) is 0 Å².